The van der Waals surface area contributed by atoms with E-state index in [0.717, 1.165) is 17.7 Å². The van der Waals surface area contributed by atoms with Crippen LogP contribution in [-0.2, 0) is 16.2 Å². The van der Waals surface area contributed by atoms with Gasteiger partial charge in [-0.05, 0) is 37.3 Å². The zero-order chi connectivity index (χ0) is 16.5. The summed E-state index contributed by atoms with van der Waals surface area (Å²) in [7, 11) is -4.09. The topological polar surface area (TPSA) is 46.2 Å². The molecule has 118 valence electrons. The van der Waals surface area contributed by atoms with E-state index in [2.05, 4.69) is 15.9 Å². The summed E-state index contributed by atoms with van der Waals surface area (Å²) in [6.45, 7) is 1.78. The number of alkyl halides is 3. The van der Waals surface area contributed by atoms with Crippen molar-refractivity contribution in [2.24, 2.45) is 0 Å². The van der Waals surface area contributed by atoms with Gasteiger partial charge in [-0.3, -0.25) is 4.72 Å². The number of hydrogen-bond donors (Lipinski definition) is 1. The molecule has 0 heterocycles. The summed E-state index contributed by atoms with van der Waals surface area (Å²) in [4.78, 5) is -0.103. The van der Waals surface area contributed by atoms with Crippen LogP contribution in [0.2, 0.25) is 0 Å². The van der Waals surface area contributed by atoms with Crippen LogP contribution >= 0.6 is 15.9 Å². The van der Waals surface area contributed by atoms with E-state index >= 15 is 0 Å². The first-order valence-electron chi connectivity index (χ1n) is 6.06. The number of anilines is 1. The Bertz CT molecular complexity index is 787. The highest BCUT2D eigenvalue weighted by molar-refractivity contribution is 9.10. The minimum atomic E-state index is -4.67. The molecule has 0 bridgehead atoms. The standard InChI is InChI=1S/C14H11BrF3NO2S/c1-9-2-5-11(6-3-9)22(20,21)19-13-7-4-10(15)8-12(13)14(16,17)18/h2-8,19H,1H3. The van der Waals surface area contributed by atoms with E-state index in [1.807, 2.05) is 4.72 Å². The normalized spacial score (nSPS) is 12.2. The molecular formula is C14H11BrF3NO2S. The predicted octanol–water partition coefficient (Wildman–Crippen LogP) is 4.58. The van der Waals surface area contributed by atoms with Crippen molar-refractivity contribution >= 4 is 31.6 Å². The van der Waals surface area contributed by atoms with Crippen LogP contribution in [0.3, 0.4) is 0 Å². The van der Waals surface area contributed by atoms with E-state index in [9.17, 15) is 21.6 Å². The van der Waals surface area contributed by atoms with Gasteiger partial charge in [0.2, 0.25) is 0 Å². The second-order valence-electron chi connectivity index (χ2n) is 4.61. The van der Waals surface area contributed by atoms with Gasteiger partial charge in [0.15, 0.2) is 0 Å². The molecule has 0 radical (unpaired) electrons. The van der Waals surface area contributed by atoms with Gasteiger partial charge in [0, 0.05) is 4.47 Å². The number of hydrogen-bond acceptors (Lipinski definition) is 2. The van der Waals surface area contributed by atoms with Gasteiger partial charge in [-0.1, -0.05) is 33.6 Å². The van der Waals surface area contributed by atoms with E-state index in [0.29, 0.717) is 0 Å². The van der Waals surface area contributed by atoms with Crippen LogP contribution in [-0.4, -0.2) is 8.42 Å². The maximum absolute atomic E-state index is 13.0. The first-order chi connectivity index (χ1) is 10.1. The van der Waals surface area contributed by atoms with Crippen molar-refractivity contribution in [1.29, 1.82) is 0 Å². The van der Waals surface area contributed by atoms with Crippen molar-refractivity contribution in [3.63, 3.8) is 0 Å². The van der Waals surface area contributed by atoms with E-state index in [1.54, 1.807) is 19.1 Å². The van der Waals surface area contributed by atoms with E-state index in [4.69, 9.17) is 0 Å². The van der Waals surface area contributed by atoms with Gasteiger partial charge in [0.05, 0.1) is 16.1 Å². The lowest BCUT2D eigenvalue weighted by atomic mass is 10.2. The SMILES string of the molecule is Cc1ccc(S(=O)(=O)Nc2ccc(Br)cc2C(F)(F)F)cc1. The third kappa shape index (κ3) is 3.80. The van der Waals surface area contributed by atoms with Gasteiger partial charge in [0.1, 0.15) is 0 Å². The third-order valence-electron chi connectivity index (χ3n) is 2.86. The molecule has 0 unspecified atom stereocenters. The second kappa shape index (κ2) is 5.92. The average molecular weight is 394 g/mol. The number of aryl methyl sites for hydroxylation is 1. The highest BCUT2D eigenvalue weighted by Gasteiger charge is 2.34. The van der Waals surface area contributed by atoms with Crippen LogP contribution < -0.4 is 4.72 Å². The lowest BCUT2D eigenvalue weighted by molar-refractivity contribution is -0.136. The molecule has 0 aliphatic heterocycles. The van der Waals surface area contributed by atoms with Crippen molar-refractivity contribution in [2.75, 3.05) is 4.72 Å². The lowest BCUT2D eigenvalue weighted by Crippen LogP contribution is -2.17. The van der Waals surface area contributed by atoms with Gasteiger partial charge >= 0.3 is 6.18 Å². The molecule has 2 rings (SSSR count). The molecule has 0 aromatic heterocycles. The van der Waals surface area contributed by atoms with Crippen molar-refractivity contribution in [3.05, 3.63) is 58.1 Å². The molecule has 0 saturated carbocycles. The fourth-order valence-corrected chi connectivity index (χ4v) is 3.20. The van der Waals surface area contributed by atoms with Crippen molar-refractivity contribution in [3.8, 4) is 0 Å². The molecule has 0 fully saturated rings. The minimum absolute atomic E-state index is 0.103. The summed E-state index contributed by atoms with van der Waals surface area (Å²) in [5, 5.41) is 0. The van der Waals surface area contributed by atoms with Gasteiger partial charge in [-0.2, -0.15) is 13.2 Å². The van der Waals surface area contributed by atoms with E-state index in [1.165, 1.54) is 18.2 Å². The molecule has 3 nitrogen and oxygen atoms in total. The molecule has 2 aromatic carbocycles. The van der Waals surface area contributed by atoms with E-state index in [-0.39, 0.29) is 9.37 Å². The largest absolute Gasteiger partial charge is 0.418 e. The number of nitrogens with one attached hydrogen (secondary N) is 1. The van der Waals surface area contributed by atoms with Crippen LogP contribution in [0.25, 0.3) is 0 Å². The molecule has 8 heteroatoms. The Labute approximate surface area is 134 Å². The molecule has 2 aromatic rings. The molecule has 0 atom stereocenters. The summed E-state index contributed by atoms with van der Waals surface area (Å²) in [5.41, 5.74) is -0.729. The van der Waals surface area contributed by atoms with Crippen molar-refractivity contribution < 1.29 is 21.6 Å². The lowest BCUT2D eigenvalue weighted by Gasteiger charge is -2.15. The zero-order valence-corrected chi connectivity index (χ0v) is 13.7. The summed E-state index contributed by atoms with van der Waals surface area (Å²) >= 11 is 2.94. The number of halogens is 4. The van der Waals surface area contributed by atoms with E-state index < -0.39 is 27.5 Å². The Kier molecular flexibility index (Phi) is 4.53. The van der Waals surface area contributed by atoms with Crippen LogP contribution in [0.4, 0.5) is 18.9 Å². The molecule has 1 N–H and O–H groups in total. The molecule has 0 aliphatic rings. The molecule has 0 aliphatic carbocycles. The fraction of sp³-hybridized carbons (Fsp3) is 0.143. The predicted molar refractivity (Wildman–Crippen MR) is 81.1 cm³/mol. The van der Waals surface area contributed by atoms with Gasteiger partial charge in [-0.25, -0.2) is 8.42 Å². The Morgan fingerprint density at radius 3 is 2.18 bits per heavy atom. The molecular weight excluding hydrogens is 383 g/mol. The zero-order valence-electron chi connectivity index (χ0n) is 11.3. The van der Waals surface area contributed by atoms with Crippen molar-refractivity contribution in [2.45, 2.75) is 18.0 Å². The Morgan fingerprint density at radius 1 is 1.05 bits per heavy atom. The maximum atomic E-state index is 13.0. The van der Waals surface area contributed by atoms with Crippen LogP contribution in [0.1, 0.15) is 11.1 Å². The molecule has 0 saturated heterocycles. The molecule has 0 amide bonds. The van der Waals surface area contributed by atoms with Crippen LogP contribution in [0, 0.1) is 6.92 Å². The Balaban J connectivity index is 2.44. The third-order valence-corrected chi connectivity index (χ3v) is 4.74. The summed E-state index contributed by atoms with van der Waals surface area (Å²) in [6, 6.07) is 9.04. The first kappa shape index (κ1) is 16.8. The second-order valence-corrected chi connectivity index (χ2v) is 7.20. The van der Waals surface area contributed by atoms with Gasteiger partial charge < -0.3 is 0 Å². The summed E-state index contributed by atoms with van der Waals surface area (Å²) in [5.74, 6) is 0. The van der Waals surface area contributed by atoms with Gasteiger partial charge in [0.25, 0.3) is 10.0 Å². The maximum Gasteiger partial charge on any atom is 0.418 e. The average Bonchev–Trinajstić information content (AvgIpc) is 2.40. The summed E-state index contributed by atoms with van der Waals surface area (Å²) in [6.07, 6.45) is -4.67. The van der Waals surface area contributed by atoms with Gasteiger partial charge in [-0.15, -0.1) is 0 Å². The first-order valence-corrected chi connectivity index (χ1v) is 8.33. The minimum Gasteiger partial charge on any atom is -0.279 e. The molecule has 0 spiro atoms. The quantitative estimate of drug-likeness (QED) is 0.829. The monoisotopic (exact) mass is 393 g/mol. The smallest absolute Gasteiger partial charge is 0.279 e. The Hall–Kier alpha value is -1.54. The van der Waals surface area contributed by atoms with Crippen LogP contribution in [0.15, 0.2) is 51.8 Å². The Morgan fingerprint density at radius 2 is 1.64 bits per heavy atom. The number of rotatable bonds is 3. The fourth-order valence-electron chi connectivity index (χ4n) is 1.76. The highest BCUT2D eigenvalue weighted by Crippen LogP contribution is 2.37. The van der Waals surface area contributed by atoms with Crippen LogP contribution in [0.5, 0.6) is 0 Å². The number of sulfonamides is 1. The number of benzene rings is 2. The highest BCUT2D eigenvalue weighted by atomic mass is 79.9. The molecule has 22 heavy (non-hydrogen) atoms. The van der Waals surface area contributed by atoms with Crippen molar-refractivity contribution in [1.82, 2.24) is 0 Å². The summed E-state index contributed by atoms with van der Waals surface area (Å²) < 4.78 is 65.6.